The summed E-state index contributed by atoms with van der Waals surface area (Å²) in [6.07, 6.45) is 1.89. The fraction of sp³-hybridized carbons (Fsp3) is 0.400. The van der Waals surface area contributed by atoms with E-state index >= 15 is 0 Å². The zero-order valence-electron chi connectivity index (χ0n) is 10.8. The Morgan fingerprint density at radius 2 is 2.06 bits per heavy atom. The van der Waals surface area contributed by atoms with Crippen molar-refractivity contribution >= 4 is 10.9 Å². The topological polar surface area (TPSA) is 28.2 Å². The standard InChI is InChI=1S/C15H19N3/c1-12-4-5-13-3-2-6-17-15(13)14(12)11-18-9-7-16-8-10-18/h2-6,16H,7-11H2,1H3. The first-order valence-corrected chi connectivity index (χ1v) is 6.61. The Bertz CT molecular complexity index is 544. The molecule has 1 aliphatic heterocycles. The number of aryl methyl sites for hydroxylation is 1. The first-order valence-electron chi connectivity index (χ1n) is 6.61. The van der Waals surface area contributed by atoms with E-state index in [2.05, 4.69) is 40.3 Å². The molecule has 3 heteroatoms. The summed E-state index contributed by atoms with van der Waals surface area (Å²) in [6, 6.07) is 8.52. The molecule has 1 aliphatic rings. The Labute approximate surface area is 108 Å². The lowest BCUT2D eigenvalue weighted by atomic mass is 10.0. The van der Waals surface area contributed by atoms with E-state index in [0.29, 0.717) is 0 Å². The lowest BCUT2D eigenvalue weighted by molar-refractivity contribution is 0.233. The SMILES string of the molecule is Cc1ccc2cccnc2c1CN1CCNCC1. The number of hydrogen-bond acceptors (Lipinski definition) is 3. The summed E-state index contributed by atoms with van der Waals surface area (Å²) in [7, 11) is 0. The lowest BCUT2D eigenvalue weighted by Crippen LogP contribution is -2.43. The summed E-state index contributed by atoms with van der Waals surface area (Å²) >= 11 is 0. The van der Waals surface area contributed by atoms with Gasteiger partial charge in [-0.3, -0.25) is 9.88 Å². The van der Waals surface area contributed by atoms with E-state index < -0.39 is 0 Å². The van der Waals surface area contributed by atoms with Gasteiger partial charge in [-0.15, -0.1) is 0 Å². The van der Waals surface area contributed by atoms with E-state index in [9.17, 15) is 0 Å². The summed E-state index contributed by atoms with van der Waals surface area (Å²) in [5, 5.41) is 4.64. The predicted molar refractivity (Wildman–Crippen MR) is 74.6 cm³/mol. The van der Waals surface area contributed by atoms with Crippen molar-refractivity contribution in [3.8, 4) is 0 Å². The van der Waals surface area contributed by atoms with Crippen LogP contribution in [0.3, 0.4) is 0 Å². The minimum absolute atomic E-state index is 1.02. The molecule has 1 saturated heterocycles. The maximum absolute atomic E-state index is 4.57. The molecular weight excluding hydrogens is 222 g/mol. The van der Waals surface area contributed by atoms with Gasteiger partial charge in [0.15, 0.2) is 0 Å². The van der Waals surface area contributed by atoms with Gasteiger partial charge in [0.1, 0.15) is 0 Å². The highest BCUT2D eigenvalue weighted by Gasteiger charge is 2.13. The Morgan fingerprint density at radius 3 is 2.89 bits per heavy atom. The van der Waals surface area contributed by atoms with Crippen LogP contribution >= 0.6 is 0 Å². The van der Waals surface area contributed by atoms with Crippen LogP contribution in [0.2, 0.25) is 0 Å². The summed E-state index contributed by atoms with van der Waals surface area (Å²) in [5.41, 5.74) is 3.89. The molecule has 2 heterocycles. The first-order chi connectivity index (χ1) is 8.84. The third-order valence-electron chi connectivity index (χ3n) is 3.71. The molecule has 0 aliphatic carbocycles. The molecule has 2 aromatic rings. The molecular formula is C15H19N3. The molecule has 3 rings (SSSR count). The second-order valence-electron chi connectivity index (χ2n) is 4.96. The number of piperazine rings is 1. The van der Waals surface area contributed by atoms with Crippen LogP contribution in [0.25, 0.3) is 10.9 Å². The molecule has 0 atom stereocenters. The summed E-state index contributed by atoms with van der Waals surface area (Å²) < 4.78 is 0. The molecule has 18 heavy (non-hydrogen) atoms. The third kappa shape index (κ3) is 2.24. The summed E-state index contributed by atoms with van der Waals surface area (Å²) in [4.78, 5) is 7.07. The van der Waals surface area contributed by atoms with Gasteiger partial charge in [-0.25, -0.2) is 0 Å². The van der Waals surface area contributed by atoms with Gasteiger partial charge >= 0.3 is 0 Å². The molecule has 94 valence electrons. The number of rotatable bonds is 2. The molecule has 0 unspecified atom stereocenters. The maximum Gasteiger partial charge on any atom is 0.0749 e. The fourth-order valence-corrected chi connectivity index (χ4v) is 2.60. The average Bonchev–Trinajstić information content (AvgIpc) is 2.43. The molecule has 1 aromatic heterocycles. The van der Waals surface area contributed by atoms with Crippen LogP contribution in [0.5, 0.6) is 0 Å². The van der Waals surface area contributed by atoms with E-state index in [1.54, 1.807) is 0 Å². The van der Waals surface area contributed by atoms with Crippen LogP contribution in [0.4, 0.5) is 0 Å². The molecule has 1 N–H and O–H groups in total. The Balaban J connectivity index is 1.96. The Kier molecular flexibility index (Phi) is 3.26. The van der Waals surface area contributed by atoms with E-state index in [1.165, 1.54) is 16.5 Å². The average molecular weight is 241 g/mol. The normalized spacial score (nSPS) is 17.2. The number of nitrogens with zero attached hydrogens (tertiary/aromatic N) is 2. The number of benzene rings is 1. The van der Waals surface area contributed by atoms with Crippen molar-refractivity contribution in [3.63, 3.8) is 0 Å². The van der Waals surface area contributed by atoms with E-state index in [4.69, 9.17) is 0 Å². The van der Waals surface area contributed by atoms with E-state index in [1.807, 2.05) is 12.3 Å². The minimum Gasteiger partial charge on any atom is -0.314 e. The maximum atomic E-state index is 4.57. The Hall–Kier alpha value is -1.45. The van der Waals surface area contributed by atoms with Crippen molar-refractivity contribution in [2.24, 2.45) is 0 Å². The fourth-order valence-electron chi connectivity index (χ4n) is 2.60. The minimum atomic E-state index is 1.02. The quantitative estimate of drug-likeness (QED) is 0.871. The monoisotopic (exact) mass is 241 g/mol. The van der Waals surface area contributed by atoms with Crippen molar-refractivity contribution in [3.05, 3.63) is 41.6 Å². The molecule has 3 nitrogen and oxygen atoms in total. The van der Waals surface area contributed by atoms with Gasteiger partial charge in [-0.1, -0.05) is 18.2 Å². The van der Waals surface area contributed by atoms with Crippen LogP contribution in [0.15, 0.2) is 30.5 Å². The van der Waals surface area contributed by atoms with E-state index in [-0.39, 0.29) is 0 Å². The second kappa shape index (κ2) is 5.04. The summed E-state index contributed by atoms with van der Waals surface area (Å²) in [5.74, 6) is 0. The second-order valence-corrected chi connectivity index (χ2v) is 4.96. The molecule has 0 spiro atoms. The van der Waals surface area contributed by atoms with Gasteiger partial charge in [0.25, 0.3) is 0 Å². The van der Waals surface area contributed by atoms with Gasteiger partial charge in [0.05, 0.1) is 5.52 Å². The number of nitrogens with one attached hydrogen (secondary N) is 1. The van der Waals surface area contributed by atoms with Crippen LogP contribution < -0.4 is 5.32 Å². The number of aromatic nitrogens is 1. The zero-order valence-corrected chi connectivity index (χ0v) is 10.8. The van der Waals surface area contributed by atoms with Crippen LogP contribution in [-0.4, -0.2) is 36.1 Å². The highest BCUT2D eigenvalue weighted by atomic mass is 15.2. The van der Waals surface area contributed by atoms with Gasteiger partial charge in [0.2, 0.25) is 0 Å². The van der Waals surface area contributed by atoms with Gasteiger partial charge < -0.3 is 5.32 Å². The Morgan fingerprint density at radius 1 is 1.22 bits per heavy atom. The lowest BCUT2D eigenvalue weighted by Gasteiger charge is -2.28. The zero-order chi connectivity index (χ0) is 12.4. The van der Waals surface area contributed by atoms with E-state index in [0.717, 1.165) is 38.2 Å². The largest absolute Gasteiger partial charge is 0.314 e. The van der Waals surface area contributed by atoms with Crippen molar-refractivity contribution < 1.29 is 0 Å². The molecule has 0 bridgehead atoms. The number of hydrogen-bond donors (Lipinski definition) is 1. The first kappa shape index (κ1) is 11.6. The highest BCUT2D eigenvalue weighted by molar-refractivity contribution is 5.82. The van der Waals surface area contributed by atoms with Crippen molar-refractivity contribution in [1.29, 1.82) is 0 Å². The predicted octanol–water partition coefficient (Wildman–Crippen LogP) is 1.95. The number of fused-ring (bicyclic) bond motifs is 1. The van der Waals surface area contributed by atoms with Crippen molar-refractivity contribution in [1.82, 2.24) is 15.2 Å². The van der Waals surface area contributed by atoms with Crippen LogP contribution in [0.1, 0.15) is 11.1 Å². The van der Waals surface area contributed by atoms with Crippen LogP contribution in [0, 0.1) is 6.92 Å². The third-order valence-corrected chi connectivity index (χ3v) is 3.71. The molecule has 0 radical (unpaired) electrons. The smallest absolute Gasteiger partial charge is 0.0749 e. The van der Waals surface area contributed by atoms with Crippen molar-refractivity contribution in [2.75, 3.05) is 26.2 Å². The highest BCUT2D eigenvalue weighted by Crippen LogP contribution is 2.21. The van der Waals surface area contributed by atoms with Gasteiger partial charge in [-0.05, 0) is 24.1 Å². The van der Waals surface area contributed by atoms with Crippen molar-refractivity contribution in [2.45, 2.75) is 13.5 Å². The van der Waals surface area contributed by atoms with Gasteiger partial charge in [-0.2, -0.15) is 0 Å². The molecule has 1 fully saturated rings. The van der Waals surface area contributed by atoms with Gasteiger partial charge in [0, 0.05) is 44.3 Å². The molecule has 0 amide bonds. The molecule has 0 saturated carbocycles. The number of pyridine rings is 1. The van der Waals surface area contributed by atoms with Crippen LogP contribution in [-0.2, 0) is 6.54 Å². The summed E-state index contributed by atoms with van der Waals surface area (Å²) in [6.45, 7) is 7.65. The molecule has 1 aromatic carbocycles.